The largest absolute Gasteiger partial charge is 0.492 e. The highest BCUT2D eigenvalue weighted by molar-refractivity contribution is 5.85. The Bertz CT molecular complexity index is 686. The summed E-state index contributed by atoms with van der Waals surface area (Å²) in [5, 5.41) is 8.54. The van der Waals surface area contributed by atoms with Gasteiger partial charge in [-0.25, -0.2) is 4.79 Å². The Morgan fingerprint density at radius 2 is 1.95 bits per heavy atom. The summed E-state index contributed by atoms with van der Waals surface area (Å²) in [6, 6.07) is 12.1. The molecule has 0 aliphatic heterocycles. The van der Waals surface area contributed by atoms with Crippen LogP contribution < -0.4 is 10.3 Å². The fraction of sp³-hybridized carbons (Fsp3) is 0.125. The third-order valence-corrected chi connectivity index (χ3v) is 2.80. The van der Waals surface area contributed by atoms with Gasteiger partial charge in [-0.1, -0.05) is 18.2 Å². The van der Waals surface area contributed by atoms with E-state index in [0.29, 0.717) is 18.9 Å². The van der Waals surface area contributed by atoms with Crippen LogP contribution in [0.2, 0.25) is 0 Å². The van der Waals surface area contributed by atoms with Gasteiger partial charge in [-0.2, -0.15) is 0 Å². The Balaban J connectivity index is 1.88. The van der Waals surface area contributed by atoms with Crippen LogP contribution in [0.5, 0.6) is 5.75 Å². The molecule has 5 heteroatoms. The van der Waals surface area contributed by atoms with Crippen molar-refractivity contribution < 1.29 is 14.6 Å². The highest BCUT2D eigenvalue weighted by Gasteiger charge is 1.97. The Morgan fingerprint density at radius 3 is 2.62 bits per heavy atom. The van der Waals surface area contributed by atoms with E-state index in [-0.39, 0.29) is 5.56 Å². The third kappa shape index (κ3) is 4.65. The van der Waals surface area contributed by atoms with Crippen LogP contribution in [-0.2, 0) is 11.3 Å². The summed E-state index contributed by atoms with van der Waals surface area (Å²) in [6.07, 6.45) is 4.30. The van der Waals surface area contributed by atoms with Crippen molar-refractivity contribution in [3.8, 4) is 5.75 Å². The molecule has 1 N–H and O–H groups in total. The molecule has 21 heavy (non-hydrogen) atoms. The molecule has 108 valence electrons. The summed E-state index contributed by atoms with van der Waals surface area (Å²) in [6.45, 7) is 0.856. The second-order valence-corrected chi connectivity index (χ2v) is 4.32. The minimum atomic E-state index is -0.983. The van der Waals surface area contributed by atoms with Crippen molar-refractivity contribution in [1.82, 2.24) is 4.57 Å². The number of benzene rings is 1. The summed E-state index contributed by atoms with van der Waals surface area (Å²) in [4.78, 5) is 21.9. The maximum atomic E-state index is 11.5. The molecular formula is C16H15NO4. The molecule has 1 aromatic heterocycles. The number of rotatable bonds is 6. The van der Waals surface area contributed by atoms with Crippen molar-refractivity contribution in [3.63, 3.8) is 0 Å². The van der Waals surface area contributed by atoms with Crippen molar-refractivity contribution in [2.75, 3.05) is 6.61 Å². The molecule has 0 spiro atoms. The number of hydrogen-bond donors (Lipinski definition) is 1. The number of ether oxygens (including phenoxy) is 1. The van der Waals surface area contributed by atoms with Gasteiger partial charge in [-0.05, 0) is 29.8 Å². The van der Waals surface area contributed by atoms with Crippen molar-refractivity contribution >= 4 is 12.0 Å². The smallest absolute Gasteiger partial charge is 0.328 e. The van der Waals surface area contributed by atoms with E-state index in [1.807, 2.05) is 0 Å². The number of carboxylic acid groups (broad SMARTS) is 1. The van der Waals surface area contributed by atoms with E-state index in [4.69, 9.17) is 9.84 Å². The predicted molar refractivity (Wildman–Crippen MR) is 79.3 cm³/mol. The zero-order chi connectivity index (χ0) is 15.1. The molecule has 0 saturated heterocycles. The number of nitrogens with zero attached hydrogens (tertiary/aromatic N) is 1. The minimum absolute atomic E-state index is 0.0599. The molecule has 0 atom stereocenters. The Morgan fingerprint density at radius 1 is 1.19 bits per heavy atom. The SMILES string of the molecule is O=C(O)/C=C/c1ccc(OCCn2ccccc2=O)cc1. The van der Waals surface area contributed by atoms with Crippen LogP contribution in [-0.4, -0.2) is 22.2 Å². The number of carboxylic acids is 1. The summed E-state index contributed by atoms with van der Waals surface area (Å²) >= 11 is 0. The standard InChI is InChI=1S/C16H15NO4/c18-15-3-1-2-10-17(15)11-12-21-14-7-4-13(5-8-14)6-9-16(19)20/h1-10H,11-12H2,(H,19,20)/b9-6+. The van der Waals surface area contributed by atoms with E-state index in [9.17, 15) is 9.59 Å². The third-order valence-electron chi connectivity index (χ3n) is 2.80. The number of aromatic nitrogens is 1. The van der Waals surface area contributed by atoms with Crippen LogP contribution in [0, 0.1) is 0 Å². The van der Waals surface area contributed by atoms with Gasteiger partial charge < -0.3 is 14.4 Å². The molecule has 5 nitrogen and oxygen atoms in total. The van der Waals surface area contributed by atoms with Crippen molar-refractivity contribution in [2.45, 2.75) is 6.54 Å². The molecule has 0 bridgehead atoms. The number of hydrogen-bond acceptors (Lipinski definition) is 3. The lowest BCUT2D eigenvalue weighted by molar-refractivity contribution is -0.131. The molecule has 0 aliphatic rings. The van der Waals surface area contributed by atoms with Crippen LogP contribution in [0.1, 0.15) is 5.56 Å². The fourth-order valence-electron chi connectivity index (χ4n) is 1.75. The highest BCUT2D eigenvalue weighted by atomic mass is 16.5. The average Bonchev–Trinajstić information content (AvgIpc) is 2.48. The first kappa shape index (κ1) is 14.6. The molecule has 0 fully saturated rings. The molecule has 0 unspecified atom stereocenters. The zero-order valence-electron chi connectivity index (χ0n) is 11.3. The van der Waals surface area contributed by atoms with Gasteiger partial charge >= 0.3 is 5.97 Å². The van der Waals surface area contributed by atoms with E-state index in [1.165, 1.54) is 12.1 Å². The second kappa shape index (κ2) is 7.09. The monoisotopic (exact) mass is 285 g/mol. The molecule has 2 rings (SSSR count). The molecule has 0 amide bonds. The van der Waals surface area contributed by atoms with E-state index >= 15 is 0 Å². The maximum Gasteiger partial charge on any atom is 0.328 e. The predicted octanol–water partition coefficient (Wildman–Crippen LogP) is 2.03. The molecule has 0 aliphatic carbocycles. The van der Waals surface area contributed by atoms with Gasteiger partial charge in [0.1, 0.15) is 12.4 Å². The zero-order valence-corrected chi connectivity index (χ0v) is 11.3. The van der Waals surface area contributed by atoms with Crippen LogP contribution >= 0.6 is 0 Å². The maximum absolute atomic E-state index is 11.5. The molecule has 0 saturated carbocycles. The van der Waals surface area contributed by atoms with Gasteiger partial charge in [0, 0.05) is 18.3 Å². The van der Waals surface area contributed by atoms with Gasteiger partial charge in [0.05, 0.1) is 6.54 Å². The van der Waals surface area contributed by atoms with E-state index in [2.05, 4.69) is 0 Å². The Labute approximate surface area is 121 Å². The lowest BCUT2D eigenvalue weighted by Crippen LogP contribution is -2.21. The second-order valence-electron chi connectivity index (χ2n) is 4.32. The van der Waals surface area contributed by atoms with Crippen LogP contribution in [0.4, 0.5) is 0 Å². The number of pyridine rings is 1. The van der Waals surface area contributed by atoms with Crippen molar-refractivity contribution in [1.29, 1.82) is 0 Å². The van der Waals surface area contributed by atoms with Gasteiger partial charge in [0.15, 0.2) is 0 Å². The molecule has 1 heterocycles. The Kier molecular flexibility index (Phi) is 4.93. The first-order chi connectivity index (χ1) is 10.1. The van der Waals surface area contributed by atoms with Crippen LogP contribution in [0.15, 0.2) is 59.5 Å². The molecule has 2 aromatic rings. The topological polar surface area (TPSA) is 68.5 Å². The normalized spacial score (nSPS) is 10.7. The van der Waals surface area contributed by atoms with Gasteiger partial charge in [0.25, 0.3) is 5.56 Å². The lowest BCUT2D eigenvalue weighted by Gasteiger charge is -2.08. The first-order valence-electron chi connectivity index (χ1n) is 6.44. The van der Waals surface area contributed by atoms with Crippen LogP contribution in [0.25, 0.3) is 6.08 Å². The summed E-state index contributed by atoms with van der Waals surface area (Å²) in [5.41, 5.74) is 0.722. The van der Waals surface area contributed by atoms with Crippen LogP contribution in [0.3, 0.4) is 0 Å². The van der Waals surface area contributed by atoms with Gasteiger partial charge in [-0.3, -0.25) is 4.79 Å². The van der Waals surface area contributed by atoms with Gasteiger partial charge in [-0.15, -0.1) is 0 Å². The van der Waals surface area contributed by atoms with Crippen molar-refractivity contribution in [2.24, 2.45) is 0 Å². The van der Waals surface area contributed by atoms with Gasteiger partial charge in [0.2, 0.25) is 0 Å². The molecule has 1 aromatic carbocycles. The Hall–Kier alpha value is -2.82. The summed E-state index contributed by atoms with van der Waals surface area (Å²) < 4.78 is 7.12. The fourth-order valence-corrected chi connectivity index (χ4v) is 1.75. The number of aliphatic carboxylic acids is 1. The number of carbonyl (C=O) groups is 1. The minimum Gasteiger partial charge on any atom is -0.492 e. The lowest BCUT2D eigenvalue weighted by atomic mass is 10.2. The first-order valence-corrected chi connectivity index (χ1v) is 6.44. The quantitative estimate of drug-likeness (QED) is 0.824. The van der Waals surface area contributed by atoms with Crippen molar-refractivity contribution in [3.05, 3.63) is 70.7 Å². The average molecular weight is 285 g/mol. The molecule has 0 radical (unpaired) electrons. The highest BCUT2D eigenvalue weighted by Crippen LogP contribution is 2.13. The summed E-state index contributed by atoms with van der Waals surface area (Å²) in [7, 11) is 0. The molecular weight excluding hydrogens is 270 g/mol. The van der Waals surface area contributed by atoms with E-state index < -0.39 is 5.97 Å². The van der Waals surface area contributed by atoms with E-state index in [1.54, 1.807) is 47.2 Å². The summed E-state index contributed by atoms with van der Waals surface area (Å²) in [5.74, 6) is -0.310. The van der Waals surface area contributed by atoms with E-state index in [0.717, 1.165) is 11.6 Å².